The fourth-order valence-electron chi connectivity index (χ4n) is 1.70. The van der Waals surface area contributed by atoms with Crippen LogP contribution in [0.1, 0.15) is 32.6 Å². The Hall–Kier alpha value is -1.24. The van der Waals surface area contributed by atoms with Crippen LogP contribution >= 0.6 is 0 Å². The zero-order valence-corrected chi connectivity index (χ0v) is 9.33. The van der Waals surface area contributed by atoms with Gasteiger partial charge in [-0.15, -0.1) is 0 Å². The van der Waals surface area contributed by atoms with Crippen molar-refractivity contribution in [3.05, 3.63) is 0 Å². The van der Waals surface area contributed by atoms with Crippen LogP contribution in [0.25, 0.3) is 0 Å². The first-order valence-corrected chi connectivity index (χ1v) is 5.70. The Morgan fingerprint density at radius 3 is 2.73 bits per heavy atom. The Kier molecular flexibility index (Phi) is 4.96. The van der Waals surface area contributed by atoms with E-state index >= 15 is 0 Å². The van der Waals surface area contributed by atoms with Gasteiger partial charge >= 0.3 is 6.03 Å². The van der Waals surface area contributed by atoms with Crippen LogP contribution in [0.3, 0.4) is 0 Å². The van der Waals surface area contributed by atoms with Gasteiger partial charge in [-0.05, 0) is 19.3 Å². The molecule has 0 atom stereocenters. The highest BCUT2D eigenvalue weighted by Gasteiger charge is 2.21. The summed E-state index contributed by atoms with van der Waals surface area (Å²) in [6, 6.07) is 2.28. The Morgan fingerprint density at radius 1 is 1.53 bits per heavy atom. The van der Waals surface area contributed by atoms with E-state index in [1.165, 1.54) is 0 Å². The number of urea groups is 1. The molecule has 1 heterocycles. The number of nitrogens with one attached hydrogen (secondary N) is 1. The van der Waals surface area contributed by atoms with E-state index in [4.69, 9.17) is 5.26 Å². The van der Waals surface area contributed by atoms with E-state index < -0.39 is 0 Å². The summed E-state index contributed by atoms with van der Waals surface area (Å²) >= 11 is 0. The lowest BCUT2D eigenvalue weighted by molar-refractivity contribution is 0.179. The number of amides is 2. The maximum atomic E-state index is 11.6. The molecule has 1 aliphatic rings. The zero-order chi connectivity index (χ0) is 11.1. The van der Waals surface area contributed by atoms with Crippen LogP contribution in [-0.2, 0) is 0 Å². The Labute approximate surface area is 91.2 Å². The third-order valence-electron chi connectivity index (χ3n) is 2.77. The lowest BCUT2D eigenvalue weighted by Crippen LogP contribution is -2.44. The standard InChI is InChI=1S/C11H19N3O/c1-2-3-6-13-11(15)14-7-4-10(9-12)5-8-14/h10H,2-8H2,1H3,(H,13,15). The zero-order valence-electron chi connectivity index (χ0n) is 9.33. The van der Waals surface area contributed by atoms with Gasteiger partial charge in [0.05, 0.1) is 6.07 Å². The molecule has 1 aliphatic heterocycles. The van der Waals surface area contributed by atoms with Crippen LogP contribution in [0, 0.1) is 17.2 Å². The van der Waals surface area contributed by atoms with E-state index in [1.54, 1.807) is 0 Å². The van der Waals surface area contributed by atoms with Gasteiger partial charge in [0.2, 0.25) is 0 Å². The molecule has 1 N–H and O–H groups in total. The van der Waals surface area contributed by atoms with Crippen molar-refractivity contribution in [1.29, 1.82) is 5.26 Å². The number of carbonyl (C=O) groups is 1. The fourth-order valence-corrected chi connectivity index (χ4v) is 1.70. The van der Waals surface area contributed by atoms with E-state index in [0.29, 0.717) is 0 Å². The molecule has 0 aromatic rings. The van der Waals surface area contributed by atoms with E-state index in [-0.39, 0.29) is 11.9 Å². The van der Waals surface area contributed by atoms with Crippen LogP contribution in [0.4, 0.5) is 4.79 Å². The van der Waals surface area contributed by atoms with Gasteiger partial charge in [-0.25, -0.2) is 4.79 Å². The van der Waals surface area contributed by atoms with Gasteiger partial charge in [-0.2, -0.15) is 5.26 Å². The quantitative estimate of drug-likeness (QED) is 0.720. The normalized spacial score (nSPS) is 17.2. The molecule has 1 rings (SSSR count). The van der Waals surface area contributed by atoms with E-state index in [0.717, 1.165) is 45.3 Å². The molecule has 0 spiro atoms. The maximum absolute atomic E-state index is 11.6. The Bertz CT molecular complexity index is 239. The highest BCUT2D eigenvalue weighted by molar-refractivity contribution is 5.74. The largest absolute Gasteiger partial charge is 0.338 e. The fraction of sp³-hybridized carbons (Fsp3) is 0.818. The molecule has 0 saturated carbocycles. The second-order valence-corrected chi connectivity index (χ2v) is 3.98. The summed E-state index contributed by atoms with van der Waals surface area (Å²) in [5.74, 6) is 0.143. The molecule has 4 heteroatoms. The molecule has 2 amide bonds. The van der Waals surface area contributed by atoms with Crippen molar-refractivity contribution in [1.82, 2.24) is 10.2 Å². The minimum Gasteiger partial charge on any atom is -0.338 e. The number of rotatable bonds is 3. The van der Waals surface area contributed by atoms with Crippen molar-refractivity contribution in [2.75, 3.05) is 19.6 Å². The lowest BCUT2D eigenvalue weighted by Gasteiger charge is -2.29. The highest BCUT2D eigenvalue weighted by atomic mass is 16.2. The second-order valence-electron chi connectivity index (χ2n) is 3.98. The number of carbonyl (C=O) groups excluding carboxylic acids is 1. The molecule has 0 bridgehead atoms. The van der Waals surface area contributed by atoms with Gasteiger partial charge in [-0.1, -0.05) is 13.3 Å². The number of hydrogen-bond donors (Lipinski definition) is 1. The summed E-state index contributed by atoms with van der Waals surface area (Å²) in [7, 11) is 0. The Balaban J connectivity index is 2.21. The maximum Gasteiger partial charge on any atom is 0.317 e. The summed E-state index contributed by atoms with van der Waals surface area (Å²) in [5.41, 5.74) is 0. The van der Waals surface area contributed by atoms with Crippen molar-refractivity contribution >= 4 is 6.03 Å². The number of likely N-dealkylation sites (tertiary alicyclic amines) is 1. The molecule has 0 aliphatic carbocycles. The average molecular weight is 209 g/mol. The Morgan fingerprint density at radius 2 is 2.20 bits per heavy atom. The van der Waals surface area contributed by atoms with Crippen LogP contribution < -0.4 is 5.32 Å². The number of nitriles is 1. The molecule has 0 unspecified atom stereocenters. The predicted octanol–water partition coefficient (Wildman–Crippen LogP) is 1.73. The summed E-state index contributed by atoms with van der Waals surface area (Å²) < 4.78 is 0. The first-order valence-electron chi connectivity index (χ1n) is 5.70. The van der Waals surface area contributed by atoms with Gasteiger partial charge in [-0.3, -0.25) is 0 Å². The minimum absolute atomic E-state index is 0.0276. The van der Waals surface area contributed by atoms with Crippen LogP contribution in [-0.4, -0.2) is 30.6 Å². The molecule has 15 heavy (non-hydrogen) atoms. The van der Waals surface area contributed by atoms with Gasteiger partial charge in [0.15, 0.2) is 0 Å². The van der Waals surface area contributed by atoms with Gasteiger partial charge < -0.3 is 10.2 Å². The third-order valence-corrected chi connectivity index (χ3v) is 2.77. The minimum atomic E-state index is 0.0276. The first-order chi connectivity index (χ1) is 7.27. The van der Waals surface area contributed by atoms with E-state index in [2.05, 4.69) is 18.3 Å². The molecule has 4 nitrogen and oxygen atoms in total. The van der Waals surface area contributed by atoms with Crippen LogP contribution in [0.2, 0.25) is 0 Å². The highest BCUT2D eigenvalue weighted by Crippen LogP contribution is 2.15. The molecular formula is C11H19N3O. The summed E-state index contributed by atoms with van der Waals surface area (Å²) in [4.78, 5) is 13.4. The second kappa shape index (κ2) is 6.28. The number of unbranched alkanes of at least 4 members (excludes halogenated alkanes) is 1. The SMILES string of the molecule is CCCCNC(=O)N1CCC(C#N)CC1. The lowest BCUT2D eigenvalue weighted by atomic mass is 9.99. The summed E-state index contributed by atoms with van der Waals surface area (Å²) in [5, 5.41) is 11.6. The van der Waals surface area contributed by atoms with Crippen molar-refractivity contribution in [3.63, 3.8) is 0 Å². The molecule has 1 saturated heterocycles. The summed E-state index contributed by atoms with van der Waals surface area (Å²) in [6.07, 6.45) is 3.76. The van der Waals surface area contributed by atoms with E-state index in [9.17, 15) is 4.79 Å². The van der Waals surface area contributed by atoms with Gasteiger partial charge in [0, 0.05) is 25.6 Å². The average Bonchev–Trinajstić information content (AvgIpc) is 2.29. The van der Waals surface area contributed by atoms with Crippen LogP contribution in [0.5, 0.6) is 0 Å². The number of piperidine rings is 1. The van der Waals surface area contributed by atoms with Crippen molar-refractivity contribution in [3.8, 4) is 6.07 Å². The molecular weight excluding hydrogens is 190 g/mol. The smallest absolute Gasteiger partial charge is 0.317 e. The van der Waals surface area contributed by atoms with Crippen molar-refractivity contribution in [2.45, 2.75) is 32.6 Å². The molecule has 0 aromatic heterocycles. The number of hydrogen-bond acceptors (Lipinski definition) is 2. The van der Waals surface area contributed by atoms with E-state index in [1.807, 2.05) is 4.90 Å². The third kappa shape index (κ3) is 3.78. The first kappa shape index (κ1) is 11.8. The molecule has 84 valence electrons. The van der Waals surface area contributed by atoms with Gasteiger partial charge in [0.1, 0.15) is 0 Å². The number of nitrogens with zero attached hydrogens (tertiary/aromatic N) is 2. The molecule has 0 aromatic carbocycles. The van der Waals surface area contributed by atoms with Crippen molar-refractivity contribution < 1.29 is 4.79 Å². The monoisotopic (exact) mass is 209 g/mol. The van der Waals surface area contributed by atoms with Crippen molar-refractivity contribution in [2.24, 2.45) is 5.92 Å². The molecule has 0 radical (unpaired) electrons. The van der Waals surface area contributed by atoms with Crippen LogP contribution in [0.15, 0.2) is 0 Å². The predicted molar refractivity (Wildman–Crippen MR) is 58.2 cm³/mol. The molecule has 1 fully saturated rings. The topological polar surface area (TPSA) is 56.1 Å². The summed E-state index contributed by atoms with van der Waals surface area (Å²) in [6.45, 7) is 4.30. The van der Waals surface area contributed by atoms with Gasteiger partial charge in [0.25, 0.3) is 0 Å².